The molecule has 7 atom stereocenters. The van der Waals surface area contributed by atoms with Crippen LogP contribution >= 0.6 is 0 Å². The Labute approximate surface area is 310 Å². The summed E-state index contributed by atoms with van der Waals surface area (Å²) in [4.78, 5) is 61.9. The van der Waals surface area contributed by atoms with Gasteiger partial charge in [0.15, 0.2) is 0 Å². The standard InChI is InChI=1S/C40H53N5O8/c1-3-26-22-40(26,38(48)44-50)43-35(46)31-21-27-23-45(31)37(47)33(25-14-8-9-15-25)42-39(49)53-32-20-12-16-24(32)13-6-5-7-18-29-34(51-4-2)28-17-10-11-19-30(28)41-36(29)52-27/h5,7,10-11,17,19,24-27,31-33,50H,3-4,6,8-9,12-16,18,20-23H2,1-2H3,(H,42,49)(H,43,46)(H,44,48)/b7-5+/t24-,26-,27-,31+,32-,33+,40-/m1/s1. The number of hydrogen-bond acceptors (Lipinski definition) is 9. The van der Waals surface area contributed by atoms with Gasteiger partial charge >= 0.3 is 6.09 Å². The van der Waals surface area contributed by atoms with Crippen molar-refractivity contribution in [3.05, 3.63) is 42.0 Å². The lowest BCUT2D eigenvalue weighted by Gasteiger charge is -2.32. The summed E-state index contributed by atoms with van der Waals surface area (Å²) >= 11 is 0. The van der Waals surface area contributed by atoms with Gasteiger partial charge in [0.05, 0.1) is 24.2 Å². The highest BCUT2D eigenvalue weighted by atomic mass is 16.6. The normalized spacial score (nSPS) is 31.3. The van der Waals surface area contributed by atoms with Crippen LogP contribution in [-0.4, -0.2) is 81.9 Å². The molecule has 0 unspecified atom stereocenters. The molecule has 13 heteroatoms. The molecule has 2 bridgehead atoms. The van der Waals surface area contributed by atoms with Gasteiger partial charge in [-0.05, 0) is 94.6 Å². The van der Waals surface area contributed by atoms with Crippen molar-refractivity contribution in [1.82, 2.24) is 26.0 Å². The number of allylic oxidation sites excluding steroid dienone is 2. The number of aromatic nitrogens is 1. The molecule has 3 saturated carbocycles. The van der Waals surface area contributed by atoms with Crippen LogP contribution in [0.25, 0.3) is 10.9 Å². The van der Waals surface area contributed by atoms with Gasteiger partial charge in [-0.3, -0.25) is 19.6 Å². The first-order valence-corrected chi connectivity index (χ1v) is 19.7. The number of fused-ring (bicyclic) bond motifs is 5. The Morgan fingerprint density at radius 2 is 1.83 bits per heavy atom. The molecule has 4 N–H and O–H groups in total. The molecular weight excluding hydrogens is 678 g/mol. The fourth-order valence-corrected chi connectivity index (χ4v) is 9.30. The fraction of sp³-hybridized carbons (Fsp3) is 0.625. The first-order valence-electron chi connectivity index (χ1n) is 19.7. The largest absolute Gasteiger partial charge is 0.493 e. The van der Waals surface area contributed by atoms with Gasteiger partial charge in [0.25, 0.3) is 5.91 Å². The van der Waals surface area contributed by atoms with Gasteiger partial charge in [-0.25, -0.2) is 15.3 Å². The van der Waals surface area contributed by atoms with E-state index in [2.05, 4.69) is 22.8 Å². The highest BCUT2D eigenvalue weighted by Crippen LogP contribution is 2.46. The van der Waals surface area contributed by atoms with Crippen molar-refractivity contribution in [2.24, 2.45) is 17.8 Å². The van der Waals surface area contributed by atoms with E-state index in [-0.39, 0.29) is 42.7 Å². The van der Waals surface area contributed by atoms with Crippen LogP contribution < -0.4 is 25.6 Å². The van der Waals surface area contributed by atoms with Gasteiger partial charge in [-0.15, -0.1) is 0 Å². The molecule has 4 fully saturated rings. The molecule has 13 nitrogen and oxygen atoms in total. The molecule has 2 aliphatic heterocycles. The number of benzene rings is 1. The van der Waals surface area contributed by atoms with E-state index in [1.807, 2.05) is 38.1 Å². The van der Waals surface area contributed by atoms with Gasteiger partial charge in [0, 0.05) is 11.8 Å². The second-order valence-corrected chi connectivity index (χ2v) is 15.4. The third kappa shape index (κ3) is 7.54. The molecule has 53 heavy (non-hydrogen) atoms. The van der Waals surface area contributed by atoms with E-state index in [9.17, 15) is 24.4 Å². The predicted molar refractivity (Wildman–Crippen MR) is 195 cm³/mol. The summed E-state index contributed by atoms with van der Waals surface area (Å²) in [7, 11) is 0. The van der Waals surface area contributed by atoms with Crippen LogP contribution in [0, 0.1) is 17.8 Å². The fourth-order valence-electron chi connectivity index (χ4n) is 9.30. The molecule has 1 aromatic carbocycles. The second-order valence-electron chi connectivity index (χ2n) is 15.4. The molecular formula is C40H53N5O8. The van der Waals surface area contributed by atoms with Crippen molar-refractivity contribution >= 4 is 34.7 Å². The monoisotopic (exact) mass is 731 g/mol. The van der Waals surface area contributed by atoms with Gasteiger partial charge in [-0.2, -0.15) is 0 Å². The predicted octanol–water partition coefficient (Wildman–Crippen LogP) is 5.12. The lowest BCUT2D eigenvalue weighted by Crippen LogP contribution is -2.58. The minimum Gasteiger partial charge on any atom is -0.493 e. The summed E-state index contributed by atoms with van der Waals surface area (Å²) in [6, 6.07) is 5.85. The molecule has 1 aromatic heterocycles. The van der Waals surface area contributed by atoms with Crippen molar-refractivity contribution in [2.75, 3.05) is 13.2 Å². The maximum Gasteiger partial charge on any atom is 0.408 e. The van der Waals surface area contributed by atoms with Crippen molar-refractivity contribution in [1.29, 1.82) is 0 Å². The van der Waals surface area contributed by atoms with Gasteiger partial charge in [0.2, 0.25) is 17.7 Å². The zero-order valence-electron chi connectivity index (χ0n) is 30.8. The Balaban J connectivity index is 1.27. The van der Waals surface area contributed by atoms with E-state index < -0.39 is 41.6 Å². The minimum atomic E-state index is -1.27. The Morgan fingerprint density at radius 3 is 2.58 bits per heavy atom. The summed E-state index contributed by atoms with van der Waals surface area (Å²) < 4.78 is 19.0. The summed E-state index contributed by atoms with van der Waals surface area (Å²) in [5.41, 5.74) is 1.95. The number of alkyl carbamates (subject to hydrolysis) is 1. The zero-order valence-corrected chi connectivity index (χ0v) is 30.8. The number of carbonyl (C=O) groups excluding carboxylic acids is 4. The summed E-state index contributed by atoms with van der Waals surface area (Å²) in [6.07, 6.45) is 12.2. The molecule has 2 aromatic rings. The lowest BCUT2D eigenvalue weighted by molar-refractivity contribution is -0.143. The van der Waals surface area contributed by atoms with E-state index in [1.165, 1.54) is 4.90 Å². The maximum atomic E-state index is 14.8. The number of para-hydroxylation sites is 1. The Hall–Kier alpha value is -4.39. The summed E-state index contributed by atoms with van der Waals surface area (Å²) in [6.45, 7) is 4.36. The molecule has 4 amide bonds. The number of pyridine rings is 1. The molecule has 0 spiro atoms. The van der Waals surface area contributed by atoms with Crippen LogP contribution in [0.1, 0.15) is 96.5 Å². The van der Waals surface area contributed by atoms with Crippen molar-refractivity contribution in [3.63, 3.8) is 0 Å². The zero-order chi connectivity index (χ0) is 37.1. The van der Waals surface area contributed by atoms with Crippen LogP contribution in [0.2, 0.25) is 0 Å². The van der Waals surface area contributed by atoms with E-state index in [0.717, 1.165) is 68.7 Å². The maximum absolute atomic E-state index is 14.8. The van der Waals surface area contributed by atoms with E-state index in [1.54, 1.807) is 5.48 Å². The number of nitrogens with zero attached hydrogens (tertiary/aromatic N) is 2. The van der Waals surface area contributed by atoms with E-state index in [0.29, 0.717) is 43.0 Å². The Morgan fingerprint density at radius 1 is 1.04 bits per heavy atom. The second kappa shape index (κ2) is 15.9. The SMILES string of the molecule is CCOc1c2c(nc3ccccc13)O[C@@H]1C[C@@H](C(=O)N[C@]3(C(=O)NO)C[C@H]3CC)N(C1)C(=O)[C@H](C1CCCC1)NC(=O)O[C@@H]1CCC[C@H]1CC/C=C/C2. The molecule has 7 rings (SSSR count). The first kappa shape index (κ1) is 36.9. The highest BCUT2D eigenvalue weighted by molar-refractivity contribution is 5.98. The average Bonchev–Trinajstić information content (AvgIpc) is 3.58. The first-order chi connectivity index (χ1) is 25.8. The molecule has 3 heterocycles. The molecule has 1 saturated heterocycles. The Kier molecular flexibility index (Phi) is 11.1. The number of hydroxylamine groups is 1. The smallest absolute Gasteiger partial charge is 0.408 e. The molecule has 5 aliphatic rings. The summed E-state index contributed by atoms with van der Waals surface area (Å²) in [5, 5.41) is 16.3. The summed E-state index contributed by atoms with van der Waals surface area (Å²) in [5.74, 6) is -0.555. The molecule has 3 aliphatic carbocycles. The topological polar surface area (TPSA) is 168 Å². The van der Waals surface area contributed by atoms with Crippen LogP contribution in [0.5, 0.6) is 11.6 Å². The third-order valence-corrected chi connectivity index (χ3v) is 12.2. The van der Waals surface area contributed by atoms with Crippen LogP contribution in [0.3, 0.4) is 0 Å². The van der Waals surface area contributed by atoms with Crippen molar-refractivity contribution < 1.29 is 38.6 Å². The number of carbonyl (C=O) groups is 4. The quantitative estimate of drug-likeness (QED) is 0.172. The van der Waals surface area contributed by atoms with Gasteiger partial charge in [0.1, 0.15) is 35.6 Å². The lowest BCUT2D eigenvalue weighted by atomic mass is 9.96. The minimum absolute atomic E-state index is 0.0612. The number of hydrogen-bond donors (Lipinski definition) is 4. The van der Waals surface area contributed by atoms with Gasteiger partial charge < -0.3 is 29.7 Å². The van der Waals surface area contributed by atoms with Crippen LogP contribution in [0.15, 0.2) is 36.4 Å². The highest BCUT2D eigenvalue weighted by Gasteiger charge is 2.61. The number of ether oxygens (including phenoxy) is 3. The van der Waals surface area contributed by atoms with Crippen LogP contribution in [-0.2, 0) is 25.5 Å². The van der Waals surface area contributed by atoms with E-state index in [4.69, 9.17) is 19.2 Å². The molecule has 0 radical (unpaired) electrons. The third-order valence-electron chi connectivity index (χ3n) is 12.2. The molecule has 286 valence electrons. The number of amides is 4. The van der Waals surface area contributed by atoms with Crippen molar-refractivity contribution in [2.45, 2.75) is 127 Å². The number of nitrogens with one attached hydrogen (secondary N) is 3. The Bertz CT molecular complexity index is 1730. The average molecular weight is 732 g/mol. The van der Waals surface area contributed by atoms with Crippen molar-refractivity contribution in [3.8, 4) is 11.6 Å². The van der Waals surface area contributed by atoms with E-state index >= 15 is 0 Å². The van der Waals surface area contributed by atoms with Crippen LogP contribution in [0.4, 0.5) is 4.79 Å². The number of rotatable bonds is 7. The van der Waals surface area contributed by atoms with Gasteiger partial charge in [-0.1, -0.05) is 50.5 Å².